The Balaban J connectivity index is 0. The summed E-state index contributed by atoms with van der Waals surface area (Å²) in [6.45, 7) is 2.04. The Labute approximate surface area is 52.2 Å². The zero-order chi connectivity index (χ0) is 4.12. The van der Waals surface area contributed by atoms with E-state index in [2.05, 4.69) is 0 Å². The number of hydrogen-bond acceptors (Lipinski definition) is 0. The SMILES string of the molecule is [B][B][B]CC.[Ni]. The molecule has 0 aromatic rings. The first-order chi connectivity index (χ1) is 2.41. The van der Waals surface area contributed by atoms with Crippen molar-refractivity contribution >= 4 is 22.0 Å². The van der Waals surface area contributed by atoms with E-state index in [1.807, 2.05) is 14.1 Å². The van der Waals surface area contributed by atoms with Gasteiger partial charge in [-0.25, -0.2) is 0 Å². The van der Waals surface area contributed by atoms with Gasteiger partial charge in [0.25, 0.3) is 0 Å². The number of rotatable bonds is 2. The Morgan fingerprint density at radius 1 is 1.67 bits per heavy atom. The van der Waals surface area contributed by atoms with Crippen LogP contribution in [0.25, 0.3) is 0 Å². The van der Waals surface area contributed by atoms with Crippen molar-refractivity contribution in [2.45, 2.75) is 13.2 Å². The van der Waals surface area contributed by atoms with Crippen molar-refractivity contribution in [1.29, 1.82) is 0 Å². The van der Waals surface area contributed by atoms with Gasteiger partial charge in [0.15, 0.2) is 0 Å². The molecular formula is C2H5B3Ni. The van der Waals surface area contributed by atoms with E-state index in [1.54, 1.807) is 7.06 Å². The van der Waals surface area contributed by atoms with E-state index in [0.717, 1.165) is 6.32 Å². The summed E-state index contributed by atoms with van der Waals surface area (Å²) in [4.78, 5) is 0. The van der Waals surface area contributed by atoms with Crippen LogP contribution in [0.4, 0.5) is 0 Å². The summed E-state index contributed by atoms with van der Waals surface area (Å²) < 4.78 is 0. The third-order valence-corrected chi connectivity index (χ3v) is 0.372. The van der Waals surface area contributed by atoms with E-state index in [4.69, 9.17) is 7.74 Å². The second kappa shape index (κ2) is 9.19. The Kier molecular flexibility index (Phi) is 15.1. The predicted octanol–water partition coefficient (Wildman–Crippen LogP) is -0.171. The Morgan fingerprint density at radius 2 is 2.17 bits per heavy atom. The van der Waals surface area contributed by atoms with E-state index in [1.165, 1.54) is 0 Å². The van der Waals surface area contributed by atoms with Crippen LogP contribution in [0.2, 0.25) is 6.32 Å². The molecule has 0 atom stereocenters. The molecular weight excluding hydrogens is 115 g/mol. The van der Waals surface area contributed by atoms with Gasteiger partial charge in [-0.15, -0.1) is 0 Å². The molecule has 0 saturated heterocycles. The van der Waals surface area contributed by atoms with Crippen LogP contribution in [0.3, 0.4) is 0 Å². The molecule has 0 aromatic heterocycles. The fourth-order valence-corrected chi connectivity index (χ4v) is 0.136. The molecule has 0 amide bonds. The molecule has 0 N–H and O–H groups in total. The molecule has 0 nitrogen and oxygen atoms in total. The second-order valence-corrected chi connectivity index (χ2v) is 0.836. The molecule has 0 aliphatic heterocycles. The smallest absolute Gasteiger partial charge is 0.0541 e. The monoisotopic (exact) mass is 120 g/mol. The molecule has 0 saturated carbocycles. The van der Waals surface area contributed by atoms with Crippen LogP contribution < -0.4 is 0 Å². The molecule has 0 fully saturated rings. The minimum absolute atomic E-state index is 0. The minimum atomic E-state index is 0. The van der Waals surface area contributed by atoms with Gasteiger partial charge in [-0.1, -0.05) is 13.2 Å². The van der Waals surface area contributed by atoms with Crippen molar-refractivity contribution in [3.05, 3.63) is 0 Å². The molecule has 4 heteroatoms. The van der Waals surface area contributed by atoms with Gasteiger partial charge in [-0.2, -0.15) is 0 Å². The van der Waals surface area contributed by atoms with Crippen molar-refractivity contribution in [3.63, 3.8) is 0 Å². The van der Waals surface area contributed by atoms with Crippen LogP contribution in [0.15, 0.2) is 0 Å². The van der Waals surface area contributed by atoms with Crippen molar-refractivity contribution in [2.75, 3.05) is 0 Å². The molecule has 0 bridgehead atoms. The van der Waals surface area contributed by atoms with Crippen LogP contribution in [0.1, 0.15) is 6.92 Å². The molecule has 0 unspecified atom stereocenters. The Morgan fingerprint density at radius 3 is 2.17 bits per heavy atom. The summed E-state index contributed by atoms with van der Waals surface area (Å²) in [5, 5.41) is 0. The fourth-order valence-electron chi connectivity index (χ4n) is 0.136. The first-order valence-corrected chi connectivity index (χ1v) is 1.78. The topological polar surface area (TPSA) is 0 Å². The normalized spacial score (nSPS) is 5.50. The average molecular weight is 120 g/mol. The van der Waals surface area contributed by atoms with Gasteiger partial charge in [0.2, 0.25) is 0 Å². The second-order valence-electron chi connectivity index (χ2n) is 0.836. The molecule has 32 valence electrons. The van der Waals surface area contributed by atoms with Gasteiger partial charge in [-0.3, -0.25) is 0 Å². The average Bonchev–Trinajstić information content (AvgIpc) is 1.41. The largest absolute Gasteiger partial charge is 0.0923 e. The van der Waals surface area contributed by atoms with Crippen molar-refractivity contribution < 1.29 is 16.5 Å². The van der Waals surface area contributed by atoms with Gasteiger partial charge in [0.1, 0.15) is 0 Å². The molecule has 0 aliphatic carbocycles. The van der Waals surface area contributed by atoms with E-state index >= 15 is 0 Å². The van der Waals surface area contributed by atoms with Crippen molar-refractivity contribution in [2.24, 2.45) is 0 Å². The summed E-state index contributed by atoms with van der Waals surface area (Å²) in [6.07, 6.45) is 1.04. The van der Waals surface area contributed by atoms with Crippen LogP contribution in [-0.4, -0.2) is 22.0 Å². The van der Waals surface area contributed by atoms with Gasteiger partial charge in [-0.05, 0) is 0 Å². The van der Waals surface area contributed by atoms with E-state index < -0.39 is 0 Å². The van der Waals surface area contributed by atoms with Crippen LogP contribution in [-0.2, 0) is 16.5 Å². The van der Waals surface area contributed by atoms with E-state index in [9.17, 15) is 0 Å². The van der Waals surface area contributed by atoms with Gasteiger partial charge >= 0.3 is 0 Å². The van der Waals surface area contributed by atoms with Crippen LogP contribution >= 0.6 is 0 Å². The first kappa shape index (κ1) is 9.85. The van der Waals surface area contributed by atoms with Crippen molar-refractivity contribution in [1.82, 2.24) is 0 Å². The summed E-state index contributed by atoms with van der Waals surface area (Å²) in [6, 6.07) is 0. The van der Waals surface area contributed by atoms with Crippen molar-refractivity contribution in [3.8, 4) is 0 Å². The zero-order valence-electron chi connectivity index (χ0n) is 3.76. The first-order valence-electron chi connectivity index (χ1n) is 1.78. The molecule has 6 heavy (non-hydrogen) atoms. The van der Waals surface area contributed by atoms with Gasteiger partial charge in [0.05, 0.1) is 7.17 Å². The molecule has 0 aliphatic rings. The maximum Gasteiger partial charge on any atom is 0.0541 e. The van der Waals surface area contributed by atoms with E-state index in [0.29, 0.717) is 0 Å². The van der Waals surface area contributed by atoms with Crippen LogP contribution in [0, 0.1) is 0 Å². The minimum Gasteiger partial charge on any atom is -0.0923 e. The molecule has 0 spiro atoms. The summed E-state index contributed by atoms with van der Waals surface area (Å²) >= 11 is 0. The summed E-state index contributed by atoms with van der Waals surface area (Å²) in [5.41, 5.74) is 0. The predicted molar refractivity (Wildman–Crippen MR) is 27.7 cm³/mol. The van der Waals surface area contributed by atoms with Gasteiger partial charge < -0.3 is 0 Å². The standard InChI is InChI=1S/C2H5B3.Ni/c1-2-4-5-3;/h2H2,1H3;. The van der Waals surface area contributed by atoms with Crippen LogP contribution in [0.5, 0.6) is 0 Å². The Bertz CT molecular complexity index is 16.3. The maximum atomic E-state index is 4.96. The molecule has 4 radical (unpaired) electrons. The van der Waals surface area contributed by atoms with Gasteiger partial charge in [0, 0.05) is 31.3 Å². The third kappa shape index (κ3) is 8.82. The zero-order valence-corrected chi connectivity index (χ0v) is 4.74. The third-order valence-electron chi connectivity index (χ3n) is 0.372. The quantitative estimate of drug-likeness (QED) is 0.444. The number of hydrogen-bond donors (Lipinski definition) is 0. The van der Waals surface area contributed by atoms with E-state index in [-0.39, 0.29) is 16.5 Å². The summed E-state index contributed by atoms with van der Waals surface area (Å²) in [5.74, 6) is 0. The molecule has 0 heterocycles. The molecule has 0 aromatic carbocycles. The maximum absolute atomic E-state index is 4.96. The summed E-state index contributed by atoms with van der Waals surface area (Å²) in [7, 11) is 8.42. The fraction of sp³-hybridized carbons (Fsp3) is 1.00. The molecule has 0 rings (SSSR count). The Hall–Kier alpha value is 0.688.